The van der Waals surface area contributed by atoms with E-state index in [9.17, 15) is 43.2 Å². The van der Waals surface area contributed by atoms with Crippen LogP contribution in [0.5, 0.6) is 0 Å². The molecule has 0 aliphatic heterocycles. The summed E-state index contributed by atoms with van der Waals surface area (Å²) in [6.07, 6.45) is 46.1. The van der Waals surface area contributed by atoms with Gasteiger partial charge in [0.25, 0.3) is 0 Å². The van der Waals surface area contributed by atoms with Gasteiger partial charge in [0.2, 0.25) is 0 Å². The highest BCUT2D eigenvalue weighted by Crippen LogP contribution is 2.45. The number of carbonyl (C=O) groups excluding carboxylic acids is 4. The van der Waals surface area contributed by atoms with Crippen LogP contribution < -0.4 is 0 Å². The minimum absolute atomic E-state index is 0.102. The van der Waals surface area contributed by atoms with Gasteiger partial charge in [-0.2, -0.15) is 0 Å². The highest BCUT2D eigenvalue weighted by molar-refractivity contribution is 7.47. The van der Waals surface area contributed by atoms with E-state index in [4.69, 9.17) is 37.0 Å². The third-order valence-electron chi connectivity index (χ3n) is 17.9. The molecule has 0 amide bonds. The second kappa shape index (κ2) is 62.6. The number of aliphatic hydroxyl groups excluding tert-OH is 1. The van der Waals surface area contributed by atoms with Crippen molar-refractivity contribution in [1.82, 2.24) is 0 Å². The van der Waals surface area contributed by atoms with Crippen LogP contribution in [0, 0.1) is 23.7 Å². The predicted octanol–water partition coefficient (Wildman–Crippen LogP) is 20.9. The van der Waals surface area contributed by atoms with E-state index < -0.39 is 97.5 Å². The Bertz CT molecular complexity index is 1820. The van der Waals surface area contributed by atoms with E-state index in [1.807, 2.05) is 0 Å². The lowest BCUT2D eigenvalue weighted by molar-refractivity contribution is -0.161. The Morgan fingerprint density at radius 1 is 0.304 bits per heavy atom. The summed E-state index contributed by atoms with van der Waals surface area (Å²) in [5.41, 5.74) is 0. The fraction of sp³-hybridized carbons (Fsp3) is 0.945. The van der Waals surface area contributed by atoms with Crippen molar-refractivity contribution in [3.8, 4) is 0 Å². The van der Waals surface area contributed by atoms with Gasteiger partial charge in [-0.05, 0) is 49.4 Å². The standard InChI is InChI=1S/C73H142O17P2/c1-9-64(6)50-42-34-26-22-20-18-16-14-12-13-15-17-19-21-23-27-39-47-55-72(77)89-68(59-83-70(75)53-45-37-31-29-35-43-51-65(7)10-2)61-87-91(79,80)85-57-67(74)58-86-92(81,82)88-62-69(90-73(78)56-48-40-28-24-25-33-41-49-63(4)5)60-84-71(76)54-46-38-32-30-36-44-52-66(8)11-3/h63-69,74H,9-62H2,1-8H3,(H,79,80)(H,81,82)/t64?,65?,66?,67-,68-,69-/m1/s1. The van der Waals surface area contributed by atoms with E-state index >= 15 is 0 Å². The lowest BCUT2D eigenvalue weighted by Crippen LogP contribution is -2.30. The first-order valence-corrected chi connectivity index (χ1v) is 40.8. The van der Waals surface area contributed by atoms with Gasteiger partial charge in [0.15, 0.2) is 12.2 Å². The van der Waals surface area contributed by atoms with Crippen LogP contribution in [0.15, 0.2) is 0 Å². The van der Waals surface area contributed by atoms with E-state index in [1.54, 1.807) is 0 Å². The summed E-state index contributed by atoms with van der Waals surface area (Å²) in [4.78, 5) is 72.5. The molecule has 546 valence electrons. The van der Waals surface area contributed by atoms with Crippen LogP contribution in [-0.4, -0.2) is 96.7 Å². The average Bonchev–Trinajstić information content (AvgIpc) is 3.22. The number of phosphoric acid groups is 2. The van der Waals surface area contributed by atoms with Crippen LogP contribution in [0.3, 0.4) is 0 Å². The highest BCUT2D eigenvalue weighted by atomic mass is 31.2. The topological polar surface area (TPSA) is 237 Å². The number of hydrogen-bond acceptors (Lipinski definition) is 15. The third-order valence-corrected chi connectivity index (χ3v) is 19.8. The highest BCUT2D eigenvalue weighted by Gasteiger charge is 2.30. The number of rotatable bonds is 70. The summed E-state index contributed by atoms with van der Waals surface area (Å²) in [5, 5.41) is 10.6. The monoisotopic (exact) mass is 1350 g/mol. The molecule has 0 aliphatic rings. The molecule has 0 aromatic carbocycles. The number of hydrogen-bond donors (Lipinski definition) is 3. The van der Waals surface area contributed by atoms with Crippen molar-refractivity contribution in [3.63, 3.8) is 0 Å². The van der Waals surface area contributed by atoms with Gasteiger partial charge < -0.3 is 33.8 Å². The molecule has 0 rings (SSSR count). The number of ether oxygens (including phenoxy) is 4. The molecule has 17 nitrogen and oxygen atoms in total. The van der Waals surface area contributed by atoms with Crippen LogP contribution in [0.25, 0.3) is 0 Å². The van der Waals surface area contributed by atoms with Crippen molar-refractivity contribution in [1.29, 1.82) is 0 Å². The maximum atomic E-state index is 13.0. The third kappa shape index (κ3) is 62.8. The largest absolute Gasteiger partial charge is 0.472 e. The number of phosphoric ester groups is 2. The zero-order valence-electron chi connectivity index (χ0n) is 60.2. The summed E-state index contributed by atoms with van der Waals surface area (Å²) in [6.45, 7) is 14.1. The Hall–Kier alpha value is -1.94. The smallest absolute Gasteiger partial charge is 0.462 e. The molecular weight excluding hydrogens is 1210 g/mol. The van der Waals surface area contributed by atoms with Gasteiger partial charge in [0.05, 0.1) is 26.4 Å². The van der Waals surface area contributed by atoms with Crippen LogP contribution in [0.1, 0.15) is 364 Å². The summed E-state index contributed by atoms with van der Waals surface area (Å²) < 4.78 is 68.3. The Morgan fingerprint density at radius 2 is 0.522 bits per heavy atom. The first kappa shape index (κ1) is 90.1. The van der Waals surface area contributed by atoms with Crippen molar-refractivity contribution in [3.05, 3.63) is 0 Å². The number of carbonyl (C=O) groups is 4. The molecule has 0 radical (unpaired) electrons. The van der Waals surface area contributed by atoms with Crippen molar-refractivity contribution < 1.29 is 80.2 Å². The maximum Gasteiger partial charge on any atom is 0.472 e. The second-order valence-electron chi connectivity index (χ2n) is 27.5. The number of unbranched alkanes of at least 4 members (excludes halogenated alkanes) is 33. The Morgan fingerprint density at radius 3 is 0.772 bits per heavy atom. The van der Waals surface area contributed by atoms with Crippen molar-refractivity contribution in [2.75, 3.05) is 39.6 Å². The Kier molecular flexibility index (Phi) is 61.3. The van der Waals surface area contributed by atoms with Crippen LogP contribution in [0.2, 0.25) is 0 Å². The van der Waals surface area contributed by atoms with E-state index in [-0.39, 0.29) is 25.7 Å². The average molecular weight is 1350 g/mol. The van der Waals surface area contributed by atoms with Gasteiger partial charge in [-0.3, -0.25) is 37.3 Å². The fourth-order valence-electron chi connectivity index (χ4n) is 10.9. The summed E-state index contributed by atoms with van der Waals surface area (Å²) in [5.74, 6) is 0.897. The van der Waals surface area contributed by atoms with Gasteiger partial charge in [0.1, 0.15) is 19.3 Å². The molecule has 0 bridgehead atoms. The predicted molar refractivity (Wildman–Crippen MR) is 372 cm³/mol. The molecule has 3 N–H and O–H groups in total. The quantitative estimate of drug-likeness (QED) is 0.0222. The number of esters is 4. The van der Waals surface area contributed by atoms with Crippen LogP contribution >= 0.6 is 15.6 Å². The molecule has 0 fully saturated rings. The van der Waals surface area contributed by atoms with Crippen LogP contribution in [0.4, 0.5) is 0 Å². The fourth-order valence-corrected chi connectivity index (χ4v) is 12.5. The molecule has 8 atom stereocenters. The first-order chi connectivity index (χ1) is 44.2. The van der Waals surface area contributed by atoms with E-state index in [0.717, 1.165) is 120 Å². The van der Waals surface area contributed by atoms with E-state index in [2.05, 4.69) is 55.4 Å². The zero-order chi connectivity index (χ0) is 68.2. The van der Waals surface area contributed by atoms with Gasteiger partial charge in [0, 0.05) is 25.7 Å². The Balaban J connectivity index is 5.15. The van der Waals surface area contributed by atoms with E-state index in [1.165, 1.54) is 154 Å². The molecule has 0 aromatic heterocycles. The van der Waals surface area contributed by atoms with Crippen molar-refractivity contribution >= 4 is 39.5 Å². The summed E-state index contributed by atoms with van der Waals surface area (Å²) in [7, 11) is -9.90. The lowest BCUT2D eigenvalue weighted by Gasteiger charge is -2.21. The Labute approximate surface area is 562 Å². The molecule has 92 heavy (non-hydrogen) atoms. The van der Waals surface area contributed by atoms with Gasteiger partial charge in [-0.15, -0.1) is 0 Å². The van der Waals surface area contributed by atoms with Gasteiger partial charge >= 0.3 is 39.5 Å². The molecule has 0 aromatic rings. The summed E-state index contributed by atoms with van der Waals surface area (Å²) in [6, 6.07) is 0. The minimum Gasteiger partial charge on any atom is -0.462 e. The zero-order valence-corrected chi connectivity index (χ0v) is 62.0. The number of aliphatic hydroxyl groups is 1. The molecular formula is C73H142O17P2. The molecule has 5 unspecified atom stereocenters. The van der Waals surface area contributed by atoms with E-state index in [0.29, 0.717) is 31.6 Å². The van der Waals surface area contributed by atoms with Gasteiger partial charge in [-0.25, -0.2) is 9.13 Å². The second-order valence-corrected chi connectivity index (χ2v) is 30.4. The SMILES string of the molecule is CCC(C)CCCCCCCCCCCCCCCCCCCCC(=O)O[C@H](COC(=O)CCCCCCCCC(C)CC)COP(=O)(O)OC[C@@H](O)COP(=O)(O)OC[C@@H](COC(=O)CCCCCCCCC(C)CC)OC(=O)CCCCCCCCCC(C)C. The first-order valence-electron chi connectivity index (χ1n) is 37.8. The molecule has 0 heterocycles. The maximum absolute atomic E-state index is 13.0. The minimum atomic E-state index is -4.95. The van der Waals surface area contributed by atoms with Crippen LogP contribution in [-0.2, 0) is 65.4 Å². The molecule has 19 heteroatoms. The molecule has 0 saturated carbocycles. The lowest BCUT2D eigenvalue weighted by atomic mass is 9.99. The summed E-state index contributed by atoms with van der Waals surface area (Å²) >= 11 is 0. The van der Waals surface area contributed by atoms with Crippen molar-refractivity contribution in [2.45, 2.75) is 382 Å². The molecule has 0 spiro atoms. The van der Waals surface area contributed by atoms with Gasteiger partial charge in [-0.1, -0.05) is 312 Å². The molecule has 0 aliphatic carbocycles. The molecule has 0 saturated heterocycles. The normalized spacial score (nSPS) is 15.1. The van der Waals surface area contributed by atoms with Crippen molar-refractivity contribution in [2.24, 2.45) is 23.7 Å².